The summed E-state index contributed by atoms with van der Waals surface area (Å²) in [4.78, 5) is 22.9. The van der Waals surface area contributed by atoms with E-state index in [2.05, 4.69) is 10.6 Å². The molecule has 0 saturated heterocycles. The van der Waals surface area contributed by atoms with Crippen LogP contribution in [0, 0.1) is 0 Å². The smallest absolute Gasteiger partial charge is 0.335 e. The van der Waals surface area contributed by atoms with Gasteiger partial charge in [-0.3, -0.25) is 0 Å². The molecule has 0 aliphatic rings. The molecule has 0 aliphatic heterocycles. The predicted octanol–water partition coefficient (Wildman–Crippen LogP) is 3.44. The van der Waals surface area contributed by atoms with Crippen molar-refractivity contribution in [3.63, 3.8) is 0 Å². The molecule has 0 heterocycles. The molecule has 0 fully saturated rings. The number of rotatable bonds is 4. The van der Waals surface area contributed by atoms with E-state index in [9.17, 15) is 9.59 Å². The van der Waals surface area contributed by atoms with Crippen LogP contribution in [-0.4, -0.2) is 17.1 Å². The van der Waals surface area contributed by atoms with Crippen molar-refractivity contribution < 1.29 is 14.7 Å². The van der Waals surface area contributed by atoms with E-state index in [4.69, 9.17) is 5.11 Å². The maximum absolute atomic E-state index is 12.1. The number of anilines is 1. The first-order valence-corrected chi connectivity index (χ1v) is 6.86. The van der Waals surface area contributed by atoms with E-state index < -0.39 is 11.5 Å². The summed E-state index contributed by atoms with van der Waals surface area (Å²) in [5, 5.41) is 14.4. The molecule has 0 spiro atoms. The van der Waals surface area contributed by atoms with E-state index >= 15 is 0 Å². The van der Waals surface area contributed by atoms with Gasteiger partial charge in [-0.2, -0.15) is 0 Å². The van der Waals surface area contributed by atoms with Gasteiger partial charge < -0.3 is 15.7 Å². The fourth-order valence-corrected chi connectivity index (χ4v) is 2.07. The highest BCUT2D eigenvalue weighted by Gasteiger charge is 2.22. The van der Waals surface area contributed by atoms with Crippen LogP contribution in [-0.2, 0) is 5.54 Å². The summed E-state index contributed by atoms with van der Waals surface area (Å²) in [6, 6.07) is 15.3. The summed E-state index contributed by atoms with van der Waals surface area (Å²) in [5.74, 6) is -0.999. The Morgan fingerprint density at radius 2 is 1.55 bits per heavy atom. The number of hydrogen-bond donors (Lipinski definition) is 3. The summed E-state index contributed by atoms with van der Waals surface area (Å²) in [7, 11) is 0. The molecule has 0 saturated carbocycles. The average Bonchev–Trinajstić information content (AvgIpc) is 2.48. The van der Waals surface area contributed by atoms with Crippen molar-refractivity contribution >= 4 is 17.7 Å². The van der Waals surface area contributed by atoms with Gasteiger partial charge in [0.05, 0.1) is 11.1 Å². The normalized spacial score (nSPS) is 10.8. The van der Waals surface area contributed by atoms with Gasteiger partial charge in [-0.25, -0.2) is 9.59 Å². The lowest BCUT2D eigenvalue weighted by atomic mass is 9.95. The second-order valence-corrected chi connectivity index (χ2v) is 5.45. The van der Waals surface area contributed by atoms with Gasteiger partial charge >= 0.3 is 12.0 Å². The molecule has 2 rings (SSSR count). The third-order valence-electron chi connectivity index (χ3n) is 3.31. The molecule has 0 radical (unpaired) electrons. The topological polar surface area (TPSA) is 78.4 Å². The van der Waals surface area contributed by atoms with Gasteiger partial charge in [-0.05, 0) is 43.7 Å². The van der Waals surface area contributed by atoms with Crippen LogP contribution in [0.1, 0.15) is 29.8 Å². The van der Waals surface area contributed by atoms with Crippen molar-refractivity contribution in [3.8, 4) is 0 Å². The standard InChI is InChI=1S/C17H18N2O3/c1-17(2,13-6-4-3-5-7-13)19-16(22)18-14-10-8-12(9-11-14)15(20)21/h3-11H,1-2H3,(H,20,21)(H2,18,19,22). The number of carboxylic acids is 1. The van der Waals surface area contributed by atoms with Crippen LogP contribution in [0.4, 0.5) is 10.5 Å². The van der Waals surface area contributed by atoms with Gasteiger partial charge in [0.25, 0.3) is 0 Å². The molecule has 0 bridgehead atoms. The fraction of sp³-hybridized carbons (Fsp3) is 0.176. The Balaban J connectivity index is 2.02. The van der Waals surface area contributed by atoms with Gasteiger partial charge in [0, 0.05) is 5.69 Å². The highest BCUT2D eigenvalue weighted by Crippen LogP contribution is 2.19. The van der Waals surface area contributed by atoms with E-state index in [0.29, 0.717) is 5.69 Å². The van der Waals surface area contributed by atoms with Crippen LogP contribution in [0.15, 0.2) is 54.6 Å². The Labute approximate surface area is 129 Å². The van der Waals surface area contributed by atoms with Gasteiger partial charge in [0.15, 0.2) is 0 Å². The minimum atomic E-state index is -0.999. The Bertz CT molecular complexity index is 664. The summed E-state index contributed by atoms with van der Waals surface area (Å²) in [6.45, 7) is 3.82. The van der Waals surface area contributed by atoms with Crippen molar-refractivity contribution in [3.05, 3.63) is 65.7 Å². The van der Waals surface area contributed by atoms with E-state index in [1.54, 1.807) is 12.1 Å². The summed E-state index contributed by atoms with van der Waals surface area (Å²) in [5.41, 5.74) is 1.18. The van der Waals surface area contributed by atoms with Gasteiger partial charge in [0.1, 0.15) is 0 Å². The largest absolute Gasteiger partial charge is 0.478 e. The first-order valence-electron chi connectivity index (χ1n) is 6.86. The monoisotopic (exact) mass is 298 g/mol. The number of aromatic carboxylic acids is 1. The third-order valence-corrected chi connectivity index (χ3v) is 3.31. The number of carbonyl (C=O) groups excluding carboxylic acids is 1. The molecule has 2 aromatic rings. The second-order valence-electron chi connectivity index (χ2n) is 5.45. The molecular weight excluding hydrogens is 280 g/mol. The summed E-state index contributed by atoms with van der Waals surface area (Å²) >= 11 is 0. The zero-order valence-corrected chi connectivity index (χ0v) is 12.5. The minimum Gasteiger partial charge on any atom is -0.478 e. The summed E-state index contributed by atoms with van der Waals surface area (Å²) < 4.78 is 0. The van der Waals surface area contributed by atoms with Crippen LogP contribution >= 0.6 is 0 Å². The minimum absolute atomic E-state index is 0.176. The van der Waals surface area contributed by atoms with Crippen LogP contribution in [0.2, 0.25) is 0 Å². The lowest BCUT2D eigenvalue weighted by Crippen LogP contribution is -2.43. The number of carbonyl (C=O) groups is 2. The zero-order chi connectivity index (χ0) is 16.2. The highest BCUT2D eigenvalue weighted by molar-refractivity contribution is 5.91. The number of hydrogen-bond acceptors (Lipinski definition) is 2. The molecule has 5 heteroatoms. The summed E-state index contributed by atoms with van der Waals surface area (Å²) in [6.07, 6.45) is 0. The van der Waals surface area contributed by atoms with Crippen molar-refractivity contribution in [2.45, 2.75) is 19.4 Å². The van der Waals surface area contributed by atoms with E-state index in [-0.39, 0.29) is 11.6 Å². The van der Waals surface area contributed by atoms with Crippen molar-refractivity contribution in [1.82, 2.24) is 5.32 Å². The van der Waals surface area contributed by atoms with Crippen LogP contribution < -0.4 is 10.6 Å². The lowest BCUT2D eigenvalue weighted by molar-refractivity contribution is 0.0697. The van der Waals surface area contributed by atoms with E-state index in [1.807, 2.05) is 44.2 Å². The van der Waals surface area contributed by atoms with Crippen LogP contribution in [0.5, 0.6) is 0 Å². The third kappa shape index (κ3) is 3.85. The maximum atomic E-state index is 12.1. The van der Waals surface area contributed by atoms with Gasteiger partial charge in [-0.1, -0.05) is 30.3 Å². The Morgan fingerprint density at radius 1 is 0.955 bits per heavy atom. The van der Waals surface area contributed by atoms with Crippen molar-refractivity contribution in [1.29, 1.82) is 0 Å². The van der Waals surface area contributed by atoms with Crippen LogP contribution in [0.3, 0.4) is 0 Å². The number of urea groups is 1. The molecule has 22 heavy (non-hydrogen) atoms. The predicted molar refractivity (Wildman–Crippen MR) is 85.0 cm³/mol. The molecule has 3 N–H and O–H groups in total. The molecule has 2 aromatic carbocycles. The first kappa shape index (κ1) is 15.6. The molecule has 114 valence electrons. The molecule has 0 aromatic heterocycles. The zero-order valence-electron chi connectivity index (χ0n) is 12.5. The highest BCUT2D eigenvalue weighted by atomic mass is 16.4. The first-order chi connectivity index (χ1) is 10.4. The Hall–Kier alpha value is -2.82. The lowest BCUT2D eigenvalue weighted by Gasteiger charge is -2.27. The number of amides is 2. The molecule has 0 atom stereocenters. The Kier molecular flexibility index (Phi) is 4.46. The number of nitrogens with one attached hydrogen (secondary N) is 2. The second kappa shape index (κ2) is 6.30. The molecular formula is C17H18N2O3. The van der Waals surface area contributed by atoms with Gasteiger partial charge in [-0.15, -0.1) is 0 Å². The Morgan fingerprint density at radius 3 is 2.09 bits per heavy atom. The number of benzene rings is 2. The van der Waals surface area contributed by atoms with E-state index in [1.165, 1.54) is 12.1 Å². The van der Waals surface area contributed by atoms with E-state index in [0.717, 1.165) is 5.56 Å². The maximum Gasteiger partial charge on any atom is 0.335 e. The molecule has 5 nitrogen and oxygen atoms in total. The molecule has 2 amide bonds. The molecule has 0 aliphatic carbocycles. The van der Waals surface area contributed by atoms with Crippen molar-refractivity contribution in [2.24, 2.45) is 0 Å². The quantitative estimate of drug-likeness (QED) is 0.809. The SMILES string of the molecule is CC(C)(NC(=O)Nc1ccc(C(=O)O)cc1)c1ccccc1. The van der Waals surface area contributed by atoms with Crippen LogP contribution in [0.25, 0.3) is 0 Å². The number of carboxylic acid groups (broad SMARTS) is 1. The van der Waals surface area contributed by atoms with Crippen molar-refractivity contribution in [2.75, 3.05) is 5.32 Å². The van der Waals surface area contributed by atoms with Gasteiger partial charge in [0.2, 0.25) is 0 Å². The fourth-order valence-electron chi connectivity index (χ4n) is 2.07. The molecule has 0 unspecified atom stereocenters. The average molecular weight is 298 g/mol.